The third-order valence-electron chi connectivity index (χ3n) is 0. The Morgan fingerprint density at radius 1 is 0.833 bits per heavy atom. The third-order valence-corrected chi connectivity index (χ3v) is 0. The van der Waals surface area contributed by atoms with Crippen molar-refractivity contribution in [1.82, 2.24) is 0 Å². The van der Waals surface area contributed by atoms with Gasteiger partial charge in [-0.15, -0.1) is 0 Å². The average molecular weight is 114 g/mol. The minimum absolute atomic E-state index is 0. The summed E-state index contributed by atoms with van der Waals surface area (Å²) in [6.45, 7) is 0. The van der Waals surface area contributed by atoms with E-state index >= 15 is 0 Å². The molecule has 0 radical (unpaired) electrons. The molecule has 0 amide bonds. The first-order valence-corrected chi connectivity index (χ1v) is 1.79. The van der Waals surface area contributed by atoms with Crippen molar-refractivity contribution in [3.8, 4) is 0 Å². The van der Waals surface area contributed by atoms with Gasteiger partial charge in [0.1, 0.15) is 0 Å². The van der Waals surface area contributed by atoms with Gasteiger partial charge in [-0.2, -0.15) is 0 Å². The quantitative estimate of drug-likeness (QED) is 0.299. The van der Waals surface area contributed by atoms with Crippen LogP contribution in [0.3, 0.4) is 0 Å². The Morgan fingerprint density at radius 2 is 0.833 bits per heavy atom. The Kier molecular flexibility index (Phi) is 6.30. The van der Waals surface area contributed by atoms with Gasteiger partial charge in [0.25, 0.3) is 0 Å². The van der Waals surface area contributed by atoms with Crippen molar-refractivity contribution < 1.29 is 4.48 Å². The summed E-state index contributed by atoms with van der Waals surface area (Å²) in [6, 6.07) is 0. The molecule has 0 spiro atoms. The van der Waals surface area contributed by atoms with Crippen LogP contribution in [0.2, 0.25) is 0 Å². The van der Waals surface area contributed by atoms with E-state index in [0.29, 0.717) is 0 Å². The van der Waals surface area contributed by atoms with Crippen molar-refractivity contribution >= 4 is 51.4 Å². The van der Waals surface area contributed by atoms with Crippen molar-refractivity contribution in [2.45, 2.75) is 0 Å². The zero-order valence-corrected chi connectivity index (χ0v) is 4.45. The van der Waals surface area contributed by atoms with Crippen molar-refractivity contribution in [1.29, 1.82) is 0 Å². The van der Waals surface area contributed by atoms with Gasteiger partial charge in [0.2, 0.25) is 0 Å². The van der Waals surface area contributed by atoms with Crippen molar-refractivity contribution in [2.75, 3.05) is 28.2 Å². The van der Waals surface area contributed by atoms with Crippen LogP contribution in [-0.2, 0) is 0 Å². The van der Waals surface area contributed by atoms with Gasteiger partial charge in [-0.3, -0.25) is 0 Å². The summed E-state index contributed by atoms with van der Waals surface area (Å²) in [6.07, 6.45) is 0. The van der Waals surface area contributed by atoms with Crippen LogP contribution in [-0.4, -0.2) is 84.1 Å². The SMILES string of the molecule is C[N+](C)(C)C.[KH]. The van der Waals surface area contributed by atoms with E-state index in [9.17, 15) is 0 Å². The fourth-order valence-electron chi connectivity index (χ4n) is 0. The summed E-state index contributed by atoms with van der Waals surface area (Å²) in [7, 11) is 8.50. The monoisotopic (exact) mass is 114 g/mol. The molecule has 0 aromatic carbocycles. The maximum atomic E-state index is 2.12. The molecule has 0 heterocycles. The van der Waals surface area contributed by atoms with Crippen LogP contribution < -0.4 is 0 Å². The Hall–Kier alpha value is 1.60. The second-order valence-electron chi connectivity index (χ2n) is 2.68. The zero-order chi connectivity index (χ0) is 4.50. The Labute approximate surface area is 82.7 Å². The standard InChI is InChI=1S/C4H12N.K.H/c1-5(2,3)4;;/h1-4H3;;/q+1;;. The second-order valence-corrected chi connectivity index (χ2v) is 2.68. The molecule has 0 aliphatic carbocycles. The summed E-state index contributed by atoms with van der Waals surface area (Å²) in [4.78, 5) is 0. The molecule has 0 aromatic rings. The third kappa shape index (κ3) is 46.4. The molecule has 2 heteroatoms. The molecular formula is C4H13KN+. The molecule has 0 aliphatic rings. The van der Waals surface area contributed by atoms with Crippen LogP contribution in [0.25, 0.3) is 0 Å². The summed E-state index contributed by atoms with van der Waals surface area (Å²) in [5, 5.41) is 0. The molecule has 0 unspecified atom stereocenters. The maximum absolute atomic E-state index is 2.12. The first kappa shape index (κ1) is 10.6. The number of quaternary nitrogens is 1. The summed E-state index contributed by atoms with van der Waals surface area (Å²) in [5.41, 5.74) is 0. The average Bonchev–Trinajstić information content (AvgIpc) is 0.722. The number of nitrogens with zero attached hydrogens (tertiary/aromatic N) is 1. The van der Waals surface area contributed by atoms with E-state index in [2.05, 4.69) is 28.2 Å². The molecule has 0 rings (SSSR count). The number of rotatable bonds is 0. The molecule has 0 N–H and O–H groups in total. The Balaban J connectivity index is 0. The van der Waals surface area contributed by atoms with E-state index in [0.717, 1.165) is 4.48 Å². The predicted molar refractivity (Wildman–Crippen MR) is 31.1 cm³/mol. The van der Waals surface area contributed by atoms with Crippen LogP contribution in [0.1, 0.15) is 0 Å². The molecule has 0 aromatic heterocycles. The van der Waals surface area contributed by atoms with E-state index in [-0.39, 0.29) is 51.4 Å². The van der Waals surface area contributed by atoms with E-state index in [4.69, 9.17) is 0 Å². The minimum atomic E-state index is 0. The van der Waals surface area contributed by atoms with E-state index in [1.807, 2.05) is 0 Å². The molecule has 0 bridgehead atoms. The predicted octanol–water partition coefficient (Wildman–Crippen LogP) is -0.326. The van der Waals surface area contributed by atoms with Gasteiger partial charge in [0.15, 0.2) is 0 Å². The molecule has 0 aliphatic heterocycles. The summed E-state index contributed by atoms with van der Waals surface area (Å²) >= 11 is 0. The van der Waals surface area contributed by atoms with E-state index in [1.54, 1.807) is 0 Å². The van der Waals surface area contributed by atoms with E-state index in [1.165, 1.54) is 0 Å². The van der Waals surface area contributed by atoms with Crippen molar-refractivity contribution in [3.63, 3.8) is 0 Å². The van der Waals surface area contributed by atoms with Gasteiger partial charge in [-0.05, 0) is 0 Å². The van der Waals surface area contributed by atoms with Crippen LogP contribution in [0, 0.1) is 0 Å². The molecule has 0 saturated heterocycles. The Bertz CT molecular complexity index is 23.0. The fourth-order valence-corrected chi connectivity index (χ4v) is 0. The fraction of sp³-hybridized carbons (Fsp3) is 1.00. The molecule has 1 nitrogen and oxygen atoms in total. The van der Waals surface area contributed by atoms with Crippen LogP contribution in [0.4, 0.5) is 0 Å². The topological polar surface area (TPSA) is 0 Å². The number of hydrogen-bond donors (Lipinski definition) is 0. The van der Waals surface area contributed by atoms with Crippen LogP contribution >= 0.6 is 0 Å². The molecular weight excluding hydrogens is 101 g/mol. The Morgan fingerprint density at radius 3 is 0.833 bits per heavy atom. The van der Waals surface area contributed by atoms with Crippen LogP contribution in [0.5, 0.6) is 0 Å². The molecule has 34 valence electrons. The van der Waals surface area contributed by atoms with E-state index < -0.39 is 0 Å². The van der Waals surface area contributed by atoms with Gasteiger partial charge < -0.3 is 4.48 Å². The second kappa shape index (κ2) is 3.58. The normalized spacial score (nSPS) is 10.0. The first-order chi connectivity index (χ1) is 2.00. The van der Waals surface area contributed by atoms with Gasteiger partial charge >= 0.3 is 51.4 Å². The molecule has 0 atom stereocenters. The van der Waals surface area contributed by atoms with Gasteiger partial charge in [0.05, 0.1) is 28.2 Å². The molecule has 0 saturated carbocycles. The summed E-state index contributed by atoms with van der Waals surface area (Å²) < 4.78 is 1.00. The van der Waals surface area contributed by atoms with Gasteiger partial charge in [-0.1, -0.05) is 0 Å². The molecule has 6 heavy (non-hydrogen) atoms. The molecule has 0 fully saturated rings. The first-order valence-electron chi connectivity index (χ1n) is 1.79. The number of hydrogen-bond acceptors (Lipinski definition) is 0. The van der Waals surface area contributed by atoms with Gasteiger partial charge in [-0.25, -0.2) is 0 Å². The van der Waals surface area contributed by atoms with Crippen molar-refractivity contribution in [3.05, 3.63) is 0 Å². The summed E-state index contributed by atoms with van der Waals surface area (Å²) in [5.74, 6) is 0. The van der Waals surface area contributed by atoms with Crippen LogP contribution in [0.15, 0.2) is 0 Å². The van der Waals surface area contributed by atoms with Gasteiger partial charge in [0, 0.05) is 0 Å². The van der Waals surface area contributed by atoms with Crippen molar-refractivity contribution in [2.24, 2.45) is 0 Å². The zero-order valence-electron chi connectivity index (χ0n) is 4.45.